The van der Waals surface area contributed by atoms with E-state index < -0.39 is 9.84 Å². The molecule has 0 atom stereocenters. The lowest BCUT2D eigenvalue weighted by molar-refractivity contribution is 0.365. The quantitative estimate of drug-likeness (QED) is 0.846. The van der Waals surface area contributed by atoms with Gasteiger partial charge in [-0.1, -0.05) is 17.3 Å². The Morgan fingerprint density at radius 1 is 1.08 bits per heavy atom. The zero-order chi connectivity index (χ0) is 16.7. The first kappa shape index (κ1) is 15.6. The summed E-state index contributed by atoms with van der Waals surface area (Å²) in [7, 11) is -3.23. The van der Waals surface area contributed by atoms with Gasteiger partial charge in [0.2, 0.25) is 5.89 Å². The normalized spacial score (nSPS) is 19.6. The molecule has 1 aromatic heterocycles. The van der Waals surface area contributed by atoms with Crippen LogP contribution in [0.5, 0.6) is 0 Å². The predicted molar refractivity (Wildman–Crippen MR) is 90.0 cm³/mol. The zero-order valence-electron chi connectivity index (χ0n) is 13.7. The van der Waals surface area contributed by atoms with Gasteiger partial charge in [-0.25, -0.2) is 8.42 Å². The topological polar surface area (TPSA) is 76.3 Å². The molecule has 0 radical (unpaired) electrons. The smallest absolute Gasteiger partial charge is 0.229 e. The molecule has 2 aliphatic rings. The van der Waals surface area contributed by atoms with E-state index in [2.05, 4.69) is 15.0 Å². The predicted octanol–water partition coefficient (Wildman–Crippen LogP) is 2.73. The molecule has 6 nitrogen and oxygen atoms in total. The minimum atomic E-state index is -3.23. The van der Waals surface area contributed by atoms with Crippen LogP contribution >= 0.6 is 0 Å². The van der Waals surface area contributed by atoms with Gasteiger partial charge in [0.1, 0.15) is 0 Å². The van der Waals surface area contributed by atoms with Crippen LogP contribution < -0.4 is 4.90 Å². The highest BCUT2D eigenvalue weighted by Crippen LogP contribution is 2.40. The third kappa shape index (κ3) is 3.05. The largest absolute Gasteiger partial charge is 0.370 e. The molecule has 1 aliphatic carbocycles. The molecule has 4 rings (SSSR count). The number of para-hydroxylation sites is 1. The molecule has 2 heterocycles. The van der Waals surface area contributed by atoms with Crippen molar-refractivity contribution >= 4 is 15.5 Å². The Hall–Kier alpha value is -1.89. The first-order valence-corrected chi connectivity index (χ1v) is 10.3. The van der Waals surface area contributed by atoms with Crippen molar-refractivity contribution in [3.63, 3.8) is 0 Å². The molecular formula is C17H21N3O3S. The second kappa shape index (κ2) is 5.88. The Morgan fingerprint density at radius 2 is 1.79 bits per heavy atom. The molecule has 1 aliphatic heterocycles. The molecule has 7 heteroatoms. The number of aromatic nitrogens is 2. The minimum Gasteiger partial charge on any atom is -0.370 e. The van der Waals surface area contributed by atoms with Crippen LogP contribution in [-0.2, 0) is 9.84 Å². The summed E-state index contributed by atoms with van der Waals surface area (Å²) in [4.78, 5) is 7.11. The number of anilines is 1. The van der Waals surface area contributed by atoms with Gasteiger partial charge in [0.25, 0.3) is 0 Å². The van der Waals surface area contributed by atoms with Crippen LogP contribution in [0.1, 0.15) is 49.2 Å². The van der Waals surface area contributed by atoms with Gasteiger partial charge >= 0.3 is 0 Å². The maximum atomic E-state index is 12.0. The molecule has 0 amide bonds. The lowest BCUT2D eigenvalue weighted by Gasteiger charge is -2.33. The molecule has 0 bridgehead atoms. The van der Waals surface area contributed by atoms with Crippen molar-refractivity contribution in [2.45, 2.75) is 42.4 Å². The van der Waals surface area contributed by atoms with Crippen LogP contribution in [0.15, 0.2) is 33.7 Å². The van der Waals surface area contributed by atoms with Gasteiger partial charge in [-0.2, -0.15) is 4.98 Å². The van der Waals surface area contributed by atoms with Crippen LogP contribution in [-0.4, -0.2) is 37.9 Å². The summed E-state index contributed by atoms with van der Waals surface area (Å²) in [6, 6.07) is 7.22. The number of piperidine rings is 1. The third-order valence-electron chi connectivity index (χ3n) is 4.85. The van der Waals surface area contributed by atoms with E-state index in [1.54, 1.807) is 12.1 Å². The van der Waals surface area contributed by atoms with Crippen LogP contribution in [0.2, 0.25) is 0 Å². The number of hydrogen-bond acceptors (Lipinski definition) is 6. The van der Waals surface area contributed by atoms with Gasteiger partial charge < -0.3 is 9.42 Å². The fraction of sp³-hybridized carbons (Fsp3) is 0.529. The summed E-state index contributed by atoms with van der Waals surface area (Å²) in [6.07, 6.45) is 5.38. The second-order valence-electron chi connectivity index (χ2n) is 6.77. The van der Waals surface area contributed by atoms with Gasteiger partial charge in [0, 0.05) is 31.2 Å². The van der Waals surface area contributed by atoms with E-state index in [-0.39, 0.29) is 0 Å². The first-order valence-electron chi connectivity index (χ1n) is 8.40. The number of benzene rings is 1. The number of rotatable bonds is 4. The Bertz CT molecular complexity index is 834. The summed E-state index contributed by atoms with van der Waals surface area (Å²) in [5, 5.41) is 4.16. The SMILES string of the molecule is CS(=O)(=O)c1ccccc1N1CCC(c2noc(C3CC3)n2)CC1. The highest BCUT2D eigenvalue weighted by Gasteiger charge is 2.32. The van der Waals surface area contributed by atoms with Crippen molar-refractivity contribution in [2.75, 3.05) is 24.2 Å². The van der Waals surface area contributed by atoms with Crippen LogP contribution in [0.4, 0.5) is 5.69 Å². The fourth-order valence-corrected chi connectivity index (χ4v) is 4.22. The Balaban J connectivity index is 1.48. The maximum Gasteiger partial charge on any atom is 0.229 e. The number of nitrogens with zero attached hydrogens (tertiary/aromatic N) is 3. The number of sulfone groups is 1. The minimum absolute atomic E-state index is 0.294. The summed E-state index contributed by atoms with van der Waals surface area (Å²) in [6.45, 7) is 1.59. The van der Waals surface area contributed by atoms with Crippen LogP contribution in [0, 0.1) is 0 Å². The molecule has 1 aromatic carbocycles. The molecule has 1 saturated carbocycles. The van der Waals surface area contributed by atoms with Gasteiger partial charge in [-0.3, -0.25) is 0 Å². The van der Waals surface area contributed by atoms with Crippen LogP contribution in [0.3, 0.4) is 0 Å². The summed E-state index contributed by atoms with van der Waals surface area (Å²) in [5.41, 5.74) is 0.797. The molecular weight excluding hydrogens is 326 g/mol. The maximum absolute atomic E-state index is 12.0. The van der Waals surface area contributed by atoms with Crippen molar-refractivity contribution in [1.29, 1.82) is 0 Å². The van der Waals surface area contributed by atoms with Crippen LogP contribution in [0.25, 0.3) is 0 Å². The van der Waals surface area contributed by atoms with Crippen molar-refractivity contribution in [3.8, 4) is 0 Å². The molecule has 0 N–H and O–H groups in total. The molecule has 24 heavy (non-hydrogen) atoms. The van der Waals surface area contributed by atoms with E-state index in [0.29, 0.717) is 16.7 Å². The average molecular weight is 347 g/mol. The van der Waals surface area contributed by atoms with E-state index in [9.17, 15) is 8.42 Å². The first-order chi connectivity index (χ1) is 11.5. The van der Waals surface area contributed by atoms with E-state index in [4.69, 9.17) is 4.52 Å². The molecule has 2 fully saturated rings. The van der Waals surface area contributed by atoms with E-state index >= 15 is 0 Å². The van der Waals surface area contributed by atoms with Crippen molar-refractivity contribution < 1.29 is 12.9 Å². The van der Waals surface area contributed by atoms with E-state index in [0.717, 1.165) is 56.2 Å². The summed E-state index contributed by atoms with van der Waals surface area (Å²) in [5.74, 6) is 2.37. The number of hydrogen-bond donors (Lipinski definition) is 0. The standard InChI is InChI=1S/C17H21N3O3S/c1-24(21,22)15-5-3-2-4-14(15)20-10-8-12(9-11-20)16-18-17(23-19-16)13-6-7-13/h2-5,12-13H,6-11H2,1H3. The van der Waals surface area contributed by atoms with E-state index in [1.807, 2.05) is 12.1 Å². The molecule has 0 spiro atoms. The summed E-state index contributed by atoms with van der Waals surface area (Å²) >= 11 is 0. The van der Waals surface area contributed by atoms with Crippen molar-refractivity contribution in [3.05, 3.63) is 36.0 Å². The van der Waals surface area contributed by atoms with Gasteiger partial charge in [-0.15, -0.1) is 0 Å². The Labute approximate surface area is 141 Å². The second-order valence-corrected chi connectivity index (χ2v) is 8.75. The molecule has 2 aromatic rings. The lowest BCUT2D eigenvalue weighted by atomic mass is 9.96. The highest BCUT2D eigenvalue weighted by molar-refractivity contribution is 7.90. The van der Waals surface area contributed by atoms with Crippen molar-refractivity contribution in [1.82, 2.24) is 10.1 Å². The monoisotopic (exact) mass is 347 g/mol. The summed E-state index contributed by atoms with van der Waals surface area (Å²) < 4.78 is 29.4. The van der Waals surface area contributed by atoms with Gasteiger partial charge in [0.15, 0.2) is 15.7 Å². The van der Waals surface area contributed by atoms with E-state index in [1.165, 1.54) is 6.26 Å². The lowest BCUT2D eigenvalue weighted by Crippen LogP contribution is -2.34. The Morgan fingerprint density at radius 3 is 2.46 bits per heavy atom. The highest BCUT2D eigenvalue weighted by atomic mass is 32.2. The fourth-order valence-electron chi connectivity index (χ4n) is 3.32. The van der Waals surface area contributed by atoms with Gasteiger partial charge in [0.05, 0.1) is 10.6 Å². The molecule has 128 valence electrons. The van der Waals surface area contributed by atoms with Gasteiger partial charge in [-0.05, 0) is 37.8 Å². The molecule has 1 saturated heterocycles. The Kier molecular flexibility index (Phi) is 3.83. The zero-order valence-corrected chi connectivity index (χ0v) is 14.5. The third-order valence-corrected chi connectivity index (χ3v) is 5.99. The van der Waals surface area contributed by atoms with Crippen molar-refractivity contribution in [2.24, 2.45) is 0 Å². The average Bonchev–Trinajstić information content (AvgIpc) is 3.31. The molecule has 0 unspecified atom stereocenters.